The third-order valence-corrected chi connectivity index (χ3v) is 4.61. The Morgan fingerprint density at radius 1 is 1.50 bits per heavy atom. The summed E-state index contributed by atoms with van der Waals surface area (Å²) in [5.74, 6) is -1.23. The average molecular weight is 299 g/mol. The highest BCUT2D eigenvalue weighted by Gasteiger charge is 2.47. The summed E-state index contributed by atoms with van der Waals surface area (Å²) in [5, 5.41) is 14.4. The summed E-state index contributed by atoms with van der Waals surface area (Å²) in [6, 6.07) is 0. The molecule has 0 aliphatic heterocycles. The maximum atomic E-state index is 12.2. The van der Waals surface area contributed by atoms with Crippen molar-refractivity contribution < 1.29 is 14.7 Å². The lowest BCUT2D eigenvalue weighted by Gasteiger charge is -2.31. The molecule has 1 aliphatic rings. The Morgan fingerprint density at radius 2 is 2.20 bits per heavy atom. The summed E-state index contributed by atoms with van der Waals surface area (Å²) < 4.78 is 1.70. The van der Waals surface area contributed by atoms with Crippen LogP contribution in [0.15, 0.2) is 0 Å². The van der Waals surface area contributed by atoms with Gasteiger partial charge in [-0.15, -0.1) is 0 Å². The molecule has 0 aromatic carbocycles. The zero-order valence-electron chi connectivity index (χ0n) is 11.8. The standard InChI is InChI=1S/C14H19ClN2O3/c1-3-17-10(12(15)9(2)16-17)8-14(13(19)20)7-5-4-6-11(14)18/h3-8H2,1-2H3,(H,19,20). The fraction of sp³-hybridized carbons (Fsp3) is 0.643. The maximum Gasteiger partial charge on any atom is 0.317 e. The molecular formula is C14H19ClN2O3. The topological polar surface area (TPSA) is 72.2 Å². The Labute approximate surface area is 122 Å². The van der Waals surface area contributed by atoms with Gasteiger partial charge in [0.25, 0.3) is 0 Å². The first-order valence-corrected chi connectivity index (χ1v) is 7.28. The number of aryl methyl sites for hydroxylation is 2. The van der Waals surface area contributed by atoms with Gasteiger partial charge in [-0.05, 0) is 26.7 Å². The van der Waals surface area contributed by atoms with Gasteiger partial charge in [0.15, 0.2) is 5.78 Å². The molecule has 0 amide bonds. The number of hydrogen-bond acceptors (Lipinski definition) is 3. The molecule has 1 aromatic rings. The van der Waals surface area contributed by atoms with E-state index in [1.807, 2.05) is 6.92 Å². The second-order valence-electron chi connectivity index (χ2n) is 5.36. The lowest BCUT2D eigenvalue weighted by atomic mass is 9.70. The number of aromatic nitrogens is 2. The summed E-state index contributed by atoms with van der Waals surface area (Å²) in [6.07, 6.45) is 2.38. The van der Waals surface area contributed by atoms with Crippen molar-refractivity contribution in [2.24, 2.45) is 5.41 Å². The molecule has 0 spiro atoms. The van der Waals surface area contributed by atoms with Crippen LogP contribution in [0.25, 0.3) is 0 Å². The van der Waals surface area contributed by atoms with Gasteiger partial charge in [-0.25, -0.2) is 0 Å². The van der Waals surface area contributed by atoms with Crippen LogP contribution in [0.2, 0.25) is 5.02 Å². The number of carbonyl (C=O) groups is 2. The Balaban J connectivity index is 2.43. The van der Waals surface area contributed by atoms with Crippen LogP contribution in [0.4, 0.5) is 0 Å². The highest BCUT2D eigenvalue weighted by Crippen LogP contribution is 2.38. The van der Waals surface area contributed by atoms with Crippen molar-refractivity contribution in [2.45, 2.75) is 52.5 Å². The van der Waals surface area contributed by atoms with Crippen molar-refractivity contribution >= 4 is 23.4 Å². The molecule has 20 heavy (non-hydrogen) atoms. The predicted molar refractivity (Wildman–Crippen MR) is 74.9 cm³/mol. The number of aliphatic carboxylic acids is 1. The van der Waals surface area contributed by atoms with Gasteiger partial charge in [0.2, 0.25) is 0 Å². The number of carboxylic acids is 1. The molecule has 1 atom stereocenters. The van der Waals surface area contributed by atoms with Gasteiger partial charge in [-0.1, -0.05) is 18.0 Å². The van der Waals surface area contributed by atoms with Crippen LogP contribution in [-0.2, 0) is 22.6 Å². The van der Waals surface area contributed by atoms with Gasteiger partial charge in [-0.3, -0.25) is 14.3 Å². The molecule has 110 valence electrons. The summed E-state index contributed by atoms with van der Waals surface area (Å²) >= 11 is 6.24. The van der Waals surface area contributed by atoms with E-state index < -0.39 is 11.4 Å². The minimum atomic E-state index is -1.33. The number of ketones is 1. The number of nitrogens with zero attached hydrogens (tertiary/aromatic N) is 2. The molecule has 5 nitrogen and oxygen atoms in total. The van der Waals surface area contributed by atoms with E-state index in [0.717, 1.165) is 12.8 Å². The van der Waals surface area contributed by atoms with Crippen molar-refractivity contribution in [2.75, 3.05) is 0 Å². The maximum absolute atomic E-state index is 12.2. The molecule has 1 fully saturated rings. The summed E-state index contributed by atoms with van der Waals surface area (Å²) in [5.41, 5.74) is -0.00185. The number of halogens is 1. The Morgan fingerprint density at radius 3 is 2.75 bits per heavy atom. The summed E-state index contributed by atoms with van der Waals surface area (Å²) in [4.78, 5) is 23.9. The fourth-order valence-electron chi connectivity index (χ4n) is 2.90. The van der Waals surface area contributed by atoms with Crippen LogP contribution in [-0.4, -0.2) is 26.6 Å². The van der Waals surface area contributed by atoms with Gasteiger partial charge in [-0.2, -0.15) is 5.10 Å². The Hall–Kier alpha value is -1.36. The SMILES string of the molecule is CCn1nc(C)c(Cl)c1CC1(C(=O)O)CCCCC1=O. The third-order valence-electron chi connectivity index (χ3n) is 4.12. The van der Waals surface area contributed by atoms with Gasteiger partial charge in [0.1, 0.15) is 5.41 Å². The number of carboxylic acid groups (broad SMARTS) is 1. The minimum Gasteiger partial charge on any atom is -0.480 e. The van der Waals surface area contributed by atoms with E-state index in [9.17, 15) is 14.7 Å². The van der Waals surface area contributed by atoms with Gasteiger partial charge in [0, 0.05) is 19.4 Å². The van der Waals surface area contributed by atoms with Crippen molar-refractivity contribution in [3.63, 3.8) is 0 Å². The first-order chi connectivity index (χ1) is 9.42. The molecule has 1 aromatic heterocycles. The highest BCUT2D eigenvalue weighted by atomic mass is 35.5. The van der Waals surface area contributed by atoms with E-state index >= 15 is 0 Å². The second-order valence-corrected chi connectivity index (χ2v) is 5.73. The minimum absolute atomic E-state index is 0.134. The van der Waals surface area contributed by atoms with Crippen LogP contribution >= 0.6 is 11.6 Å². The largest absolute Gasteiger partial charge is 0.480 e. The van der Waals surface area contributed by atoms with E-state index in [2.05, 4.69) is 5.10 Å². The van der Waals surface area contributed by atoms with Crippen molar-refractivity contribution in [3.05, 3.63) is 16.4 Å². The molecule has 1 heterocycles. The van der Waals surface area contributed by atoms with Gasteiger partial charge >= 0.3 is 5.97 Å². The monoisotopic (exact) mass is 298 g/mol. The van der Waals surface area contributed by atoms with Crippen molar-refractivity contribution in [1.82, 2.24) is 9.78 Å². The molecule has 1 N–H and O–H groups in total. The lowest BCUT2D eigenvalue weighted by molar-refractivity contribution is -0.157. The molecule has 1 unspecified atom stereocenters. The van der Waals surface area contributed by atoms with Crippen molar-refractivity contribution in [3.8, 4) is 0 Å². The Bertz CT molecular complexity index is 553. The molecule has 0 saturated heterocycles. The predicted octanol–water partition coefficient (Wildman–Crippen LogP) is 2.62. The molecule has 1 saturated carbocycles. The highest BCUT2D eigenvalue weighted by molar-refractivity contribution is 6.32. The smallest absolute Gasteiger partial charge is 0.317 e. The fourth-order valence-corrected chi connectivity index (χ4v) is 3.11. The van der Waals surface area contributed by atoms with E-state index in [4.69, 9.17) is 11.6 Å². The van der Waals surface area contributed by atoms with Crippen molar-refractivity contribution in [1.29, 1.82) is 0 Å². The quantitative estimate of drug-likeness (QED) is 0.867. The van der Waals surface area contributed by atoms with Crippen LogP contribution in [0.1, 0.15) is 44.0 Å². The number of hydrogen-bond donors (Lipinski definition) is 1. The molecule has 1 aliphatic carbocycles. The van der Waals surface area contributed by atoms with E-state index in [1.165, 1.54) is 0 Å². The van der Waals surface area contributed by atoms with Crippen LogP contribution in [0.5, 0.6) is 0 Å². The summed E-state index contributed by atoms with van der Waals surface area (Å²) in [7, 11) is 0. The molecule has 2 rings (SSSR count). The lowest BCUT2D eigenvalue weighted by Crippen LogP contribution is -2.44. The van der Waals surface area contributed by atoms with E-state index in [1.54, 1.807) is 11.6 Å². The zero-order chi connectivity index (χ0) is 14.9. The molecular weight excluding hydrogens is 280 g/mol. The number of carbonyl (C=O) groups excluding carboxylic acids is 1. The van der Waals surface area contributed by atoms with Gasteiger partial charge < -0.3 is 5.11 Å². The van der Waals surface area contributed by atoms with Crippen LogP contribution < -0.4 is 0 Å². The average Bonchev–Trinajstić information content (AvgIpc) is 2.68. The van der Waals surface area contributed by atoms with Crippen LogP contribution in [0.3, 0.4) is 0 Å². The second kappa shape index (κ2) is 5.56. The van der Waals surface area contributed by atoms with E-state index in [0.29, 0.717) is 35.8 Å². The van der Waals surface area contributed by atoms with Gasteiger partial charge in [0.05, 0.1) is 16.4 Å². The number of rotatable bonds is 4. The van der Waals surface area contributed by atoms with Crippen LogP contribution in [0, 0.1) is 12.3 Å². The zero-order valence-corrected chi connectivity index (χ0v) is 12.5. The molecule has 0 radical (unpaired) electrons. The van der Waals surface area contributed by atoms with E-state index in [-0.39, 0.29) is 12.2 Å². The summed E-state index contributed by atoms with van der Waals surface area (Å²) in [6.45, 7) is 4.31. The Kier molecular flexibility index (Phi) is 4.18. The first-order valence-electron chi connectivity index (χ1n) is 6.91. The first kappa shape index (κ1) is 15.0. The molecule has 6 heteroatoms. The number of Topliss-reactive ketones (excluding diaryl/α,β-unsaturated/α-hetero) is 1. The normalized spacial score (nSPS) is 23.1. The third kappa shape index (κ3) is 2.35. The molecule has 0 bridgehead atoms.